The molecule has 32 heavy (non-hydrogen) atoms. The van der Waals surface area contributed by atoms with Crippen molar-refractivity contribution in [2.45, 2.75) is 45.4 Å². The molecule has 1 aromatic carbocycles. The predicted octanol–water partition coefficient (Wildman–Crippen LogP) is 0.875. The summed E-state index contributed by atoms with van der Waals surface area (Å²) in [4.78, 5) is 62.9. The van der Waals surface area contributed by atoms with Crippen LogP contribution in [0.3, 0.4) is 0 Å². The monoisotopic (exact) mass is 441 g/mol. The largest absolute Gasteiger partial charge is 0.454 e. The lowest BCUT2D eigenvalue weighted by Crippen LogP contribution is -2.52. The van der Waals surface area contributed by atoms with E-state index in [1.807, 2.05) is 19.9 Å². The number of hydrogen-bond donors (Lipinski definition) is 3. The molecule has 9 heteroatoms. The van der Waals surface area contributed by atoms with Gasteiger partial charge in [0.2, 0.25) is 5.91 Å². The maximum Gasteiger partial charge on any atom is 0.397 e. The Balaban J connectivity index is 1.99. The fourth-order valence-corrected chi connectivity index (χ4v) is 2.98. The molecular weight excluding hydrogens is 414 g/mol. The first kappa shape index (κ1) is 24.5. The highest BCUT2D eigenvalue weighted by Gasteiger charge is 2.27. The van der Waals surface area contributed by atoms with Gasteiger partial charge in [-0.05, 0) is 24.0 Å². The summed E-state index contributed by atoms with van der Waals surface area (Å²) >= 11 is 0. The van der Waals surface area contributed by atoms with Crippen molar-refractivity contribution in [3.8, 4) is 0 Å². The van der Waals surface area contributed by atoms with E-state index in [1.165, 1.54) is 6.20 Å². The summed E-state index contributed by atoms with van der Waals surface area (Å²) in [5.41, 5.74) is 0.690. The smallest absolute Gasteiger partial charge is 0.397 e. The molecule has 0 unspecified atom stereocenters. The van der Waals surface area contributed by atoms with Crippen molar-refractivity contribution < 1.29 is 23.9 Å². The van der Waals surface area contributed by atoms with E-state index in [9.17, 15) is 24.0 Å². The highest BCUT2D eigenvalue weighted by Crippen LogP contribution is 2.07. The molecule has 2 rings (SSSR count). The minimum Gasteiger partial charge on any atom is -0.454 e. The Labute approximate surface area is 185 Å². The number of nitrogens with one attached hydrogen (secondary N) is 3. The van der Waals surface area contributed by atoms with Gasteiger partial charge in [-0.1, -0.05) is 50.2 Å². The molecule has 170 valence electrons. The van der Waals surface area contributed by atoms with Crippen LogP contribution in [0.2, 0.25) is 0 Å². The third-order valence-corrected chi connectivity index (χ3v) is 4.56. The quantitative estimate of drug-likeness (QED) is 0.285. The van der Waals surface area contributed by atoms with Crippen molar-refractivity contribution in [2.24, 2.45) is 5.92 Å². The van der Waals surface area contributed by atoms with E-state index >= 15 is 0 Å². The molecule has 0 aliphatic heterocycles. The van der Waals surface area contributed by atoms with Gasteiger partial charge in [-0.3, -0.25) is 14.4 Å². The molecular formula is C23H27N3O6. The number of benzene rings is 1. The topological polar surface area (TPSA) is 134 Å². The van der Waals surface area contributed by atoms with Crippen LogP contribution in [-0.2, 0) is 36.9 Å². The number of carbonyl (C=O) groups is 4. The molecule has 0 aliphatic carbocycles. The third-order valence-electron chi connectivity index (χ3n) is 4.56. The normalized spacial score (nSPS) is 12.5. The lowest BCUT2D eigenvalue weighted by molar-refractivity contribution is -0.156. The SMILES string of the molecule is CC(C)C[C@H](NC(=O)C(=O)OCc1ccccc1)C(=O)N[C@H](C=O)Cc1ccc[nH]c1=O. The zero-order chi connectivity index (χ0) is 23.5. The number of esters is 1. The molecule has 2 aromatic rings. The molecule has 1 aromatic heterocycles. The van der Waals surface area contributed by atoms with Crippen LogP contribution in [0, 0.1) is 5.92 Å². The molecule has 1 heterocycles. The summed E-state index contributed by atoms with van der Waals surface area (Å²) in [6, 6.07) is 10.0. The fourth-order valence-electron chi connectivity index (χ4n) is 2.98. The first-order valence-electron chi connectivity index (χ1n) is 10.2. The number of ether oxygens (including phenoxy) is 1. The molecule has 0 saturated carbocycles. The second kappa shape index (κ2) is 12.2. The summed E-state index contributed by atoms with van der Waals surface area (Å²) < 4.78 is 4.99. The van der Waals surface area contributed by atoms with Crippen LogP contribution >= 0.6 is 0 Å². The van der Waals surface area contributed by atoms with Crippen molar-refractivity contribution in [3.05, 3.63) is 70.1 Å². The highest BCUT2D eigenvalue weighted by atomic mass is 16.5. The zero-order valence-electron chi connectivity index (χ0n) is 18.0. The summed E-state index contributed by atoms with van der Waals surface area (Å²) in [6.07, 6.45) is 2.21. The summed E-state index contributed by atoms with van der Waals surface area (Å²) in [5.74, 6) is -2.78. The van der Waals surface area contributed by atoms with Crippen LogP contribution in [-0.4, -0.2) is 41.1 Å². The minimum atomic E-state index is -1.11. The Morgan fingerprint density at radius 2 is 1.78 bits per heavy atom. The number of amides is 2. The van der Waals surface area contributed by atoms with E-state index in [1.54, 1.807) is 36.4 Å². The molecule has 2 atom stereocenters. The Hall–Kier alpha value is -3.75. The van der Waals surface area contributed by atoms with Gasteiger partial charge in [0, 0.05) is 18.2 Å². The van der Waals surface area contributed by atoms with Gasteiger partial charge in [0.1, 0.15) is 18.9 Å². The molecule has 3 N–H and O–H groups in total. The van der Waals surface area contributed by atoms with Crippen molar-refractivity contribution in [3.63, 3.8) is 0 Å². The summed E-state index contributed by atoms with van der Waals surface area (Å²) in [5, 5.41) is 4.90. The molecule has 0 saturated heterocycles. The predicted molar refractivity (Wildman–Crippen MR) is 116 cm³/mol. The average molecular weight is 441 g/mol. The summed E-state index contributed by atoms with van der Waals surface area (Å²) in [6.45, 7) is 3.62. The number of aromatic nitrogens is 1. The lowest BCUT2D eigenvalue weighted by Gasteiger charge is -2.22. The van der Waals surface area contributed by atoms with Gasteiger partial charge in [-0.2, -0.15) is 0 Å². The Kier molecular flexibility index (Phi) is 9.34. The number of rotatable bonds is 10. The first-order chi connectivity index (χ1) is 15.3. The van der Waals surface area contributed by atoms with E-state index in [0.717, 1.165) is 5.56 Å². The molecule has 0 fully saturated rings. The van der Waals surface area contributed by atoms with Gasteiger partial charge in [-0.15, -0.1) is 0 Å². The van der Waals surface area contributed by atoms with E-state index in [0.29, 0.717) is 11.8 Å². The van der Waals surface area contributed by atoms with Gasteiger partial charge in [0.05, 0.1) is 6.04 Å². The van der Waals surface area contributed by atoms with Crippen LogP contribution in [0.25, 0.3) is 0 Å². The van der Waals surface area contributed by atoms with E-state index in [-0.39, 0.29) is 30.9 Å². The van der Waals surface area contributed by atoms with Crippen LogP contribution in [0.4, 0.5) is 0 Å². The van der Waals surface area contributed by atoms with Crippen LogP contribution < -0.4 is 16.2 Å². The number of pyridine rings is 1. The van der Waals surface area contributed by atoms with Crippen LogP contribution in [0.5, 0.6) is 0 Å². The number of hydrogen-bond acceptors (Lipinski definition) is 6. The number of carbonyl (C=O) groups excluding carboxylic acids is 4. The van der Waals surface area contributed by atoms with Crippen molar-refractivity contribution in [2.75, 3.05) is 0 Å². The van der Waals surface area contributed by atoms with Crippen LogP contribution in [0.1, 0.15) is 31.4 Å². The molecule has 2 amide bonds. The van der Waals surface area contributed by atoms with Crippen LogP contribution in [0.15, 0.2) is 53.5 Å². The molecule has 0 spiro atoms. The molecule has 0 radical (unpaired) electrons. The van der Waals surface area contributed by atoms with Gasteiger partial charge >= 0.3 is 11.9 Å². The standard InChI is InChI=1S/C23H27N3O6/c1-15(2)11-19(26-22(30)23(31)32-14-16-7-4-3-5-8-16)21(29)25-18(13-27)12-17-9-6-10-24-20(17)28/h3-10,13,15,18-19H,11-12,14H2,1-2H3,(H,24,28)(H,25,29)(H,26,30)/t18-,19-/m0/s1. The Bertz CT molecular complexity index is 986. The Morgan fingerprint density at radius 1 is 1.06 bits per heavy atom. The molecule has 0 aliphatic rings. The second-order valence-corrected chi connectivity index (χ2v) is 7.70. The maximum atomic E-state index is 12.7. The lowest BCUT2D eigenvalue weighted by atomic mass is 10.0. The highest BCUT2D eigenvalue weighted by molar-refractivity contribution is 6.32. The van der Waals surface area contributed by atoms with Gasteiger partial charge in [0.25, 0.3) is 5.56 Å². The van der Waals surface area contributed by atoms with Crippen molar-refractivity contribution >= 4 is 24.1 Å². The van der Waals surface area contributed by atoms with Crippen molar-refractivity contribution in [1.82, 2.24) is 15.6 Å². The van der Waals surface area contributed by atoms with Gasteiger partial charge in [0.15, 0.2) is 0 Å². The molecule has 9 nitrogen and oxygen atoms in total. The van der Waals surface area contributed by atoms with E-state index < -0.39 is 29.9 Å². The number of aromatic amines is 1. The van der Waals surface area contributed by atoms with Crippen molar-refractivity contribution in [1.29, 1.82) is 0 Å². The maximum absolute atomic E-state index is 12.7. The van der Waals surface area contributed by atoms with Gasteiger partial charge < -0.3 is 25.1 Å². The third kappa shape index (κ3) is 7.82. The zero-order valence-corrected chi connectivity index (χ0v) is 18.0. The van der Waals surface area contributed by atoms with Gasteiger partial charge in [-0.25, -0.2) is 4.79 Å². The van der Waals surface area contributed by atoms with E-state index in [2.05, 4.69) is 15.6 Å². The number of H-pyrrole nitrogens is 1. The summed E-state index contributed by atoms with van der Waals surface area (Å²) in [7, 11) is 0. The number of aldehydes is 1. The average Bonchev–Trinajstić information content (AvgIpc) is 2.78. The minimum absolute atomic E-state index is 0.00707. The molecule has 0 bridgehead atoms. The second-order valence-electron chi connectivity index (χ2n) is 7.70. The fraction of sp³-hybridized carbons (Fsp3) is 0.348. The first-order valence-corrected chi connectivity index (χ1v) is 10.2. The van der Waals surface area contributed by atoms with E-state index in [4.69, 9.17) is 4.74 Å². The Morgan fingerprint density at radius 3 is 2.41 bits per heavy atom.